The number of rotatable bonds is 4. The van der Waals surface area contributed by atoms with Crippen molar-refractivity contribution in [3.63, 3.8) is 0 Å². The number of hydrogen-bond donors (Lipinski definition) is 2. The molecule has 0 aromatic heterocycles. The minimum absolute atomic E-state index is 0. The zero-order chi connectivity index (χ0) is 8.15. The Morgan fingerprint density at radius 2 is 2.18 bits per heavy atom. The van der Waals surface area contributed by atoms with E-state index in [4.69, 9.17) is 10.8 Å². The number of nitrogens with two attached hydrogens (primary N) is 1. The molecule has 0 aliphatic rings. The van der Waals surface area contributed by atoms with Gasteiger partial charge in [0.05, 0.1) is 0 Å². The van der Waals surface area contributed by atoms with Crippen molar-refractivity contribution in [3.8, 4) is 0 Å². The molecule has 0 bridgehead atoms. The Hall–Kier alpha value is -0.130. The summed E-state index contributed by atoms with van der Waals surface area (Å²) in [4.78, 5) is 10.1. The lowest BCUT2D eigenvalue weighted by Crippen LogP contribution is -2.31. The molecule has 0 saturated heterocycles. The van der Waals surface area contributed by atoms with Gasteiger partial charge in [0, 0.05) is 22.8 Å². The maximum atomic E-state index is 10.4. The highest BCUT2D eigenvalue weighted by Gasteiger charge is 2.10. The molecule has 0 fully saturated rings. The van der Waals surface area contributed by atoms with Crippen molar-refractivity contribution in [2.45, 2.75) is 12.5 Å². The Balaban J connectivity index is 0. The fourth-order valence-corrected chi connectivity index (χ4v) is 1.00. The molecule has 0 aromatic rings. The molecule has 6 heteroatoms. The SMILES string of the molecule is CS(=O)CCC(N)C(=O)O.Cl. The molecule has 3 N–H and O–H groups in total. The minimum atomic E-state index is -1.04. The van der Waals surface area contributed by atoms with Crippen LogP contribution in [-0.2, 0) is 15.6 Å². The molecule has 2 unspecified atom stereocenters. The number of carboxylic acids is 1. The van der Waals surface area contributed by atoms with Crippen LogP contribution in [0.2, 0.25) is 0 Å². The molecule has 0 heterocycles. The maximum Gasteiger partial charge on any atom is 0.320 e. The van der Waals surface area contributed by atoms with Gasteiger partial charge in [0.25, 0.3) is 0 Å². The fourth-order valence-electron chi connectivity index (χ4n) is 0.416. The van der Waals surface area contributed by atoms with E-state index in [1.165, 1.54) is 6.26 Å². The van der Waals surface area contributed by atoms with Gasteiger partial charge in [-0.3, -0.25) is 9.00 Å². The molecule has 0 rings (SSSR count). The summed E-state index contributed by atoms with van der Waals surface area (Å²) in [5, 5.41) is 8.27. The van der Waals surface area contributed by atoms with Gasteiger partial charge in [-0.25, -0.2) is 0 Å². The topological polar surface area (TPSA) is 80.4 Å². The van der Waals surface area contributed by atoms with Crippen LogP contribution in [0.15, 0.2) is 0 Å². The van der Waals surface area contributed by atoms with Crippen molar-refractivity contribution in [1.29, 1.82) is 0 Å². The second-order valence-corrected chi connectivity index (χ2v) is 3.57. The first-order valence-electron chi connectivity index (χ1n) is 2.82. The van der Waals surface area contributed by atoms with Gasteiger partial charge in [0.2, 0.25) is 0 Å². The largest absolute Gasteiger partial charge is 0.480 e. The predicted octanol–water partition coefficient (Wildman–Crippen LogP) is -0.411. The van der Waals surface area contributed by atoms with Crippen LogP contribution >= 0.6 is 12.4 Å². The average Bonchev–Trinajstić information content (AvgIpc) is 1.82. The van der Waals surface area contributed by atoms with Crippen LogP contribution in [0.4, 0.5) is 0 Å². The third-order valence-corrected chi connectivity index (χ3v) is 1.84. The van der Waals surface area contributed by atoms with Crippen molar-refractivity contribution in [2.24, 2.45) is 5.73 Å². The standard InChI is InChI=1S/C5H11NO3S.ClH/c1-10(9)3-2-4(6)5(7)8;/h4H,2-3,6H2,1H3,(H,7,8);1H. The monoisotopic (exact) mass is 201 g/mol. The lowest BCUT2D eigenvalue weighted by atomic mass is 10.2. The molecule has 0 aliphatic carbocycles. The van der Waals surface area contributed by atoms with Gasteiger partial charge < -0.3 is 10.8 Å². The van der Waals surface area contributed by atoms with Crippen molar-refractivity contribution >= 4 is 29.2 Å². The van der Waals surface area contributed by atoms with E-state index >= 15 is 0 Å². The number of hydrogen-bond acceptors (Lipinski definition) is 3. The molecule has 0 aromatic carbocycles. The molecule has 2 atom stereocenters. The van der Waals surface area contributed by atoms with E-state index in [0.29, 0.717) is 5.75 Å². The smallest absolute Gasteiger partial charge is 0.320 e. The fraction of sp³-hybridized carbons (Fsp3) is 0.800. The Bertz CT molecular complexity index is 153. The highest BCUT2D eigenvalue weighted by atomic mass is 35.5. The molecule has 0 amide bonds. The summed E-state index contributed by atoms with van der Waals surface area (Å²) in [6.45, 7) is 0. The van der Waals surface area contributed by atoms with Gasteiger partial charge in [-0.15, -0.1) is 12.4 Å². The molecular weight excluding hydrogens is 190 g/mol. The first kappa shape index (κ1) is 13.5. The van der Waals surface area contributed by atoms with Gasteiger partial charge in [-0.2, -0.15) is 0 Å². The van der Waals surface area contributed by atoms with Crippen LogP contribution in [0.25, 0.3) is 0 Å². The Kier molecular flexibility index (Phi) is 8.04. The summed E-state index contributed by atoms with van der Waals surface area (Å²) in [5.41, 5.74) is 5.13. The van der Waals surface area contributed by atoms with Gasteiger partial charge in [0.1, 0.15) is 6.04 Å². The molecular formula is C5H12ClNO3S. The van der Waals surface area contributed by atoms with E-state index < -0.39 is 22.8 Å². The van der Waals surface area contributed by atoms with Crippen molar-refractivity contribution in [2.75, 3.05) is 12.0 Å². The minimum Gasteiger partial charge on any atom is -0.480 e. The van der Waals surface area contributed by atoms with Crippen LogP contribution in [0.3, 0.4) is 0 Å². The molecule has 0 radical (unpaired) electrons. The van der Waals surface area contributed by atoms with E-state index in [1.807, 2.05) is 0 Å². The number of halogens is 1. The Labute approximate surface area is 74.0 Å². The number of carbonyl (C=O) groups is 1. The van der Waals surface area contributed by atoms with Crippen LogP contribution in [0.5, 0.6) is 0 Å². The second kappa shape index (κ2) is 6.57. The zero-order valence-corrected chi connectivity index (χ0v) is 7.78. The number of carboxylic acid groups (broad SMARTS) is 1. The third kappa shape index (κ3) is 7.77. The molecule has 0 aliphatic heterocycles. The molecule has 0 saturated carbocycles. The van der Waals surface area contributed by atoms with Crippen LogP contribution in [-0.4, -0.2) is 33.3 Å². The first-order valence-corrected chi connectivity index (χ1v) is 4.55. The Morgan fingerprint density at radius 3 is 2.45 bits per heavy atom. The quantitative estimate of drug-likeness (QED) is 0.648. The van der Waals surface area contributed by atoms with Crippen LogP contribution in [0.1, 0.15) is 6.42 Å². The van der Waals surface area contributed by atoms with Crippen molar-refractivity contribution in [3.05, 3.63) is 0 Å². The second-order valence-electron chi connectivity index (χ2n) is 2.01. The normalized spacial score (nSPS) is 14.7. The van der Waals surface area contributed by atoms with E-state index in [-0.39, 0.29) is 18.8 Å². The van der Waals surface area contributed by atoms with Gasteiger partial charge in [0.15, 0.2) is 0 Å². The lowest BCUT2D eigenvalue weighted by molar-refractivity contribution is -0.138. The first-order chi connectivity index (χ1) is 4.54. The lowest BCUT2D eigenvalue weighted by Gasteiger charge is -2.02. The zero-order valence-electron chi connectivity index (χ0n) is 6.15. The van der Waals surface area contributed by atoms with Gasteiger partial charge >= 0.3 is 5.97 Å². The average molecular weight is 202 g/mol. The predicted molar refractivity (Wildman–Crippen MR) is 46.4 cm³/mol. The summed E-state index contributed by atoms with van der Waals surface area (Å²) >= 11 is 0. The van der Waals surface area contributed by atoms with Crippen molar-refractivity contribution in [1.82, 2.24) is 0 Å². The van der Waals surface area contributed by atoms with E-state index in [1.54, 1.807) is 0 Å². The summed E-state index contributed by atoms with van der Waals surface area (Å²) < 4.78 is 10.4. The highest BCUT2D eigenvalue weighted by molar-refractivity contribution is 7.84. The summed E-state index contributed by atoms with van der Waals surface area (Å²) in [7, 11) is -0.946. The van der Waals surface area contributed by atoms with Crippen LogP contribution in [0, 0.1) is 0 Å². The molecule has 68 valence electrons. The molecule has 0 spiro atoms. The summed E-state index contributed by atoms with van der Waals surface area (Å²) in [6, 6.07) is -0.871. The van der Waals surface area contributed by atoms with E-state index in [0.717, 1.165) is 0 Å². The van der Waals surface area contributed by atoms with E-state index in [9.17, 15) is 9.00 Å². The van der Waals surface area contributed by atoms with Crippen LogP contribution < -0.4 is 5.73 Å². The summed E-state index contributed by atoms with van der Waals surface area (Å²) in [5.74, 6) is -0.682. The van der Waals surface area contributed by atoms with Gasteiger partial charge in [-0.1, -0.05) is 0 Å². The third-order valence-electron chi connectivity index (χ3n) is 1.03. The number of aliphatic carboxylic acids is 1. The van der Waals surface area contributed by atoms with Crippen molar-refractivity contribution < 1.29 is 14.1 Å². The van der Waals surface area contributed by atoms with E-state index in [2.05, 4.69) is 0 Å². The van der Waals surface area contributed by atoms with Gasteiger partial charge in [-0.05, 0) is 6.42 Å². The Morgan fingerprint density at radius 1 is 1.73 bits per heavy atom. The highest BCUT2D eigenvalue weighted by Crippen LogP contribution is 1.89. The molecule has 4 nitrogen and oxygen atoms in total. The maximum absolute atomic E-state index is 10.4. The molecule has 11 heavy (non-hydrogen) atoms. The summed E-state index contributed by atoms with van der Waals surface area (Å²) in [6.07, 6.45) is 1.80.